The first kappa shape index (κ1) is 21.4. The van der Waals surface area contributed by atoms with Gasteiger partial charge in [-0.15, -0.1) is 10.2 Å². The minimum atomic E-state index is -3.55. The van der Waals surface area contributed by atoms with Crippen LogP contribution in [0.15, 0.2) is 52.6 Å². The predicted octanol–water partition coefficient (Wildman–Crippen LogP) is 2.23. The van der Waals surface area contributed by atoms with Gasteiger partial charge < -0.3 is 4.90 Å². The molecule has 1 saturated heterocycles. The van der Waals surface area contributed by atoms with Crippen LogP contribution < -0.4 is 0 Å². The summed E-state index contributed by atoms with van der Waals surface area (Å²) >= 11 is 1.34. The van der Waals surface area contributed by atoms with Gasteiger partial charge in [0.2, 0.25) is 15.9 Å². The van der Waals surface area contributed by atoms with Crippen LogP contribution in [0.4, 0.5) is 0 Å². The molecule has 1 fully saturated rings. The second-order valence-electron chi connectivity index (χ2n) is 8.12. The molecule has 0 atom stereocenters. The lowest BCUT2D eigenvalue weighted by molar-refractivity contribution is -0.129. The Labute approximate surface area is 191 Å². The monoisotopic (exact) mass is 471 g/mol. The summed E-state index contributed by atoms with van der Waals surface area (Å²) in [6.07, 6.45) is 6.12. The van der Waals surface area contributed by atoms with Gasteiger partial charge >= 0.3 is 0 Å². The summed E-state index contributed by atoms with van der Waals surface area (Å²) in [5.41, 5.74) is 3.16. The molecule has 0 spiro atoms. The first-order chi connectivity index (χ1) is 15.5. The summed E-state index contributed by atoms with van der Waals surface area (Å²) < 4.78 is 29.7. The van der Waals surface area contributed by atoms with Crippen molar-refractivity contribution in [3.63, 3.8) is 0 Å². The third-order valence-corrected chi connectivity index (χ3v) is 8.98. The van der Waals surface area contributed by atoms with Gasteiger partial charge in [-0.2, -0.15) is 4.31 Å². The van der Waals surface area contributed by atoms with E-state index in [0.29, 0.717) is 36.2 Å². The number of aryl methyl sites for hydroxylation is 2. The summed E-state index contributed by atoms with van der Waals surface area (Å²) in [5, 5.41) is 8.90. The zero-order valence-electron chi connectivity index (χ0n) is 17.7. The van der Waals surface area contributed by atoms with Crippen molar-refractivity contribution in [3.05, 3.63) is 53.7 Å². The molecule has 32 heavy (non-hydrogen) atoms. The highest BCUT2D eigenvalue weighted by Gasteiger charge is 2.30. The SMILES string of the molecule is O=C(CSc1nnc2ccccn12)N1CCN(S(=O)(=O)c2ccc3c(c2)CCCC3)CC1. The Kier molecular flexibility index (Phi) is 5.92. The minimum Gasteiger partial charge on any atom is -0.339 e. The number of hydrogen-bond acceptors (Lipinski definition) is 6. The molecule has 1 aliphatic heterocycles. The zero-order valence-corrected chi connectivity index (χ0v) is 19.3. The Morgan fingerprint density at radius 2 is 1.75 bits per heavy atom. The van der Waals surface area contributed by atoms with E-state index in [2.05, 4.69) is 10.2 Å². The number of rotatable bonds is 5. The zero-order chi connectivity index (χ0) is 22.1. The topological polar surface area (TPSA) is 87.9 Å². The van der Waals surface area contributed by atoms with E-state index < -0.39 is 10.0 Å². The third-order valence-electron chi connectivity index (χ3n) is 6.16. The van der Waals surface area contributed by atoms with Gasteiger partial charge in [0, 0.05) is 32.4 Å². The second kappa shape index (κ2) is 8.84. The van der Waals surface area contributed by atoms with Gasteiger partial charge in [0.25, 0.3) is 0 Å². The normalized spacial score (nSPS) is 17.4. The number of benzene rings is 1. The number of fused-ring (bicyclic) bond motifs is 2. The molecule has 2 aromatic heterocycles. The molecule has 5 rings (SSSR count). The van der Waals surface area contributed by atoms with Crippen LogP contribution in [-0.4, -0.2) is 70.1 Å². The third kappa shape index (κ3) is 4.14. The summed E-state index contributed by atoms with van der Waals surface area (Å²) in [7, 11) is -3.55. The quantitative estimate of drug-likeness (QED) is 0.531. The number of thioether (sulfide) groups is 1. The average molecular weight is 472 g/mol. The molecule has 3 aromatic rings. The van der Waals surface area contributed by atoms with E-state index in [0.717, 1.165) is 30.5 Å². The van der Waals surface area contributed by atoms with Crippen molar-refractivity contribution >= 4 is 33.3 Å². The standard InChI is InChI=1S/C22H25N5O3S2/c28-21(16-31-22-24-23-20-7-3-4-10-27(20)22)25-11-13-26(14-12-25)32(29,30)19-9-8-17-5-1-2-6-18(17)15-19/h3-4,7-10,15H,1-2,5-6,11-14,16H2. The Morgan fingerprint density at radius 1 is 0.969 bits per heavy atom. The van der Waals surface area contributed by atoms with Crippen molar-refractivity contribution in [1.82, 2.24) is 23.8 Å². The van der Waals surface area contributed by atoms with Crippen molar-refractivity contribution in [2.24, 2.45) is 0 Å². The summed E-state index contributed by atoms with van der Waals surface area (Å²) in [6.45, 7) is 1.40. The molecule has 3 heterocycles. The number of carbonyl (C=O) groups excluding carboxylic acids is 1. The van der Waals surface area contributed by atoms with E-state index in [1.165, 1.54) is 28.1 Å². The molecule has 1 aromatic carbocycles. The molecule has 10 heteroatoms. The van der Waals surface area contributed by atoms with Gasteiger partial charge in [0.15, 0.2) is 10.8 Å². The lowest BCUT2D eigenvalue weighted by Crippen LogP contribution is -2.51. The fourth-order valence-electron chi connectivity index (χ4n) is 4.33. The molecule has 1 amide bonds. The van der Waals surface area contributed by atoms with Crippen molar-refractivity contribution in [1.29, 1.82) is 0 Å². The van der Waals surface area contributed by atoms with Gasteiger partial charge in [-0.1, -0.05) is 23.9 Å². The molecule has 0 saturated carbocycles. The highest BCUT2D eigenvalue weighted by Crippen LogP contribution is 2.26. The molecular weight excluding hydrogens is 446 g/mol. The summed E-state index contributed by atoms with van der Waals surface area (Å²) in [5.74, 6) is 0.223. The van der Waals surface area contributed by atoms with E-state index in [1.807, 2.05) is 40.9 Å². The Morgan fingerprint density at radius 3 is 2.56 bits per heavy atom. The molecule has 0 radical (unpaired) electrons. The molecule has 1 aliphatic carbocycles. The number of amides is 1. The fourth-order valence-corrected chi connectivity index (χ4v) is 6.63. The van der Waals surface area contributed by atoms with E-state index in [1.54, 1.807) is 11.0 Å². The van der Waals surface area contributed by atoms with Crippen molar-refractivity contribution < 1.29 is 13.2 Å². The molecule has 0 unspecified atom stereocenters. The number of nitrogens with zero attached hydrogens (tertiary/aromatic N) is 5. The predicted molar refractivity (Wildman–Crippen MR) is 122 cm³/mol. The van der Waals surface area contributed by atoms with E-state index in [4.69, 9.17) is 0 Å². The maximum Gasteiger partial charge on any atom is 0.243 e. The Hall–Kier alpha value is -2.43. The average Bonchev–Trinajstić information content (AvgIpc) is 3.25. The molecule has 0 N–H and O–H groups in total. The van der Waals surface area contributed by atoms with Crippen molar-refractivity contribution in [3.8, 4) is 0 Å². The van der Waals surface area contributed by atoms with Crippen molar-refractivity contribution in [2.75, 3.05) is 31.9 Å². The first-order valence-electron chi connectivity index (χ1n) is 10.8. The smallest absolute Gasteiger partial charge is 0.243 e. The highest BCUT2D eigenvalue weighted by molar-refractivity contribution is 7.99. The van der Waals surface area contributed by atoms with Gasteiger partial charge in [-0.25, -0.2) is 8.42 Å². The van der Waals surface area contributed by atoms with E-state index in [-0.39, 0.29) is 11.7 Å². The van der Waals surface area contributed by atoms with Crippen LogP contribution in [-0.2, 0) is 27.7 Å². The van der Waals surface area contributed by atoms with Gasteiger partial charge in [-0.05, 0) is 61.1 Å². The molecule has 8 nitrogen and oxygen atoms in total. The largest absolute Gasteiger partial charge is 0.339 e. The first-order valence-corrected chi connectivity index (χ1v) is 13.3. The fraction of sp³-hybridized carbons (Fsp3) is 0.409. The number of aromatic nitrogens is 3. The number of pyridine rings is 1. The Balaban J connectivity index is 1.19. The molecule has 168 valence electrons. The maximum atomic E-state index is 13.2. The van der Waals surface area contributed by atoms with Gasteiger partial charge in [0.05, 0.1) is 10.6 Å². The lowest BCUT2D eigenvalue weighted by Gasteiger charge is -2.34. The van der Waals surface area contributed by atoms with Crippen LogP contribution in [0.3, 0.4) is 0 Å². The minimum absolute atomic E-state index is 0.0199. The number of hydrogen-bond donors (Lipinski definition) is 0. The molecular formula is C22H25N5O3S2. The maximum absolute atomic E-state index is 13.2. The molecule has 0 bridgehead atoms. The summed E-state index contributed by atoms with van der Waals surface area (Å²) in [4.78, 5) is 14.8. The van der Waals surface area contributed by atoms with Crippen LogP contribution in [0.1, 0.15) is 24.0 Å². The van der Waals surface area contributed by atoms with E-state index >= 15 is 0 Å². The van der Waals surface area contributed by atoms with Crippen LogP contribution in [0, 0.1) is 0 Å². The molecule has 2 aliphatic rings. The van der Waals surface area contributed by atoms with Gasteiger partial charge in [0.1, 0.15) is 0 Å². The van der Waals surface area contributed by atoms with Crippen LogP contribution in [0.25, 0.3) is 5.65 Å². The highest BCUT2D eigenvalue weighted by atomic mass is 32.2. The van der Waals surface area contributed by atoms with Crippen molar-refractivity contribution in [2.45, 2.75) is 35.7 Å². The lowest BCUT2D eigenvalue weighted by atomic mass is 9.92. The number of sulfonamides is 1. The van der Waals surface area contributed by atoms with E-state index in [9.17, 15) is 13.2 Å². The second-order valence-corrected chi connectivity index (χ2v) is 11.0. The van der Waals surface area contributed by atoms with Crippen LogP contribution >= 0.6 is 11.8 Å². The van der Waals surface area contributed by atoms with Crippen LogP contribution in [0.2, 0.25) is 0 Å². The van der Waals surface area contributed by atoms with Gasteiger partial charge in [-0.3, -0.25) is 9.20 Å². The Bertz CT molecular complexity index is 1250. The number of piperazine rings is 1. The van der Waals surface area contributed by atoms with Crippen LogP contribution in [0.5, 0.6) is 0 Å². The summed E-state index contributed by atoms with van der Waals surface area (Å²) in [6, 6.07) is 11.2. The number of carbonyl (C=O) groups is 1.